The molecule has 0 saturated heterocycles. The second-order valence-electron chi connectivity index (χ2n) is 6.21. The molecule has 0 aliphatic rings. The third-order valence-electron chi connectivity index (χ3n) is 4.35. The van der Waals surface area contributed by atoms with Crippen LogP contribution in [0, 0.1) is 0 Å². The summed E-state index contributed by atoms with van der Waals surface area (Å²) in [6.07, 6.45) is 0. The Kier molecular flexibility index (Phi) is 5.12. The predicted molar refractivity (Wildman–Crippen MR) is 115 cm³/mol. The SMILES string of the molecule is COc1ccc(S(=O)(=O)Nc2ccc(-c3nc4ccc(OC)cc4s3)cc2)cc1. The Bertz CT molecular complexity index is 1250. The van der Waals surface area contributed by atoms with Gasteiger partial charge in [0.2, 0.25) is 0 Å². The van der Waals surface area contributed by atoms with Gasteiger partial charge < -0.3 is 9.47 Å². The van der Waals surface area contributed by atoms with Gasteiger partial charge in [-0.3, -0.25) is 4.72 Å². The van der Waals surface area contributed by atoms with Crippen LogP contribution in [-0.4, -0.2) is 27.6 Å². The zero-order valence-electron chi connectivity index (χ0n) is 15.7. The first-order valence-electron chi connectivity index (χ1n) is 8.70. The van der Waals surface area contributed by atoms with Crippen LogP contribution < -0.4 is 14.2 Å². The summed E-state index contributed by atoms with van der Waals surface area (Å²) < 4.78 is 39.1. The van der Waals surface area contributed by atoms with Crippen LogP contribution in [0.3, 0.4) is 0 Å². The molecule has 6 nitrogen and oxygen atoms in total. The Morgan fingerprint density at radius 2 is 1.52 bits per heavy atom. The smallest absolute Gasteiger partial charge is 0.261 e. The minimum Gasteiger partial charge on any atom is -0.497 e. The normalized spacial score (nSPS) is 11.4. The van der Waals surface area contributed by atoms with E-state index in [1.165, 1.54) is 19.2 Å². The molecule has 8 heteroatoms. The number of nitrogens with zero attached hydrogens (tertiary/aromatic N) is 1. The number of nitrogens with one attached hydrogen (secondary N) is 1. The number of benzene rings is 3. The number of rotatable bonds is 6. The fraction of sp³-hybridized carbons (Fsp3) is 0.0952. The van der Waals surface area contributed by atoms with Crippen molar-refractivity contribution in [2.24, 2.45) is 0 Å². The molecule has 0 aliphatic carbocycles. The molecule has 0 amide bonds. The van der Waals surface area contributed by atoms with Gasteiger partial charge in [-0.1, -0.05) is 0 Å². The van der Waals surface area contributed by atoms with Crippen molar-refractivity contribution in [1.82, 2.24) is 4.98 Å². The molecule has 0 saturated carbocycles. The summed E-state index contributed by atoms with van der Waals surface area (Å²) in [7, 11) is -0.510. The standard InChI is InChI=1S/C21H18N2O4S2/c1-26-16-7-10-18(11-8-16)29(24,25)23-15-5-3-14(4-6-15)21-22-19-12-9-17(27-2)13-20(19)28-21/h3-13,23H,1-2H3. The van der Waals surface area contributed by atoms with E-state index < -0.39 is 10.0 Å². The molecule has 0 spiro atoms. The number of hydrogen-bond donors (Lipinski definition) is 1. The van der Waals surface area contributed by atoms with Crippen molar-refractivity contribution >= 4 is 37.3 Å². The van der Waals surface area contributed by atoms with Crippen molar-refractivity contribution in [3.63, 3.8) is 0 Å². The van der Waals surface area contributed by atoms with Gasteiger partial charge in [0.15, 0.2) is 0 Å². The Hall–Kier alpha value is -3.10. The van der Waals surface area contributed by atoms with Crippen LogP contribution in [-0.2, 0) is 10.0 Å². The Morgan fingerprint density at radius 1 is 0.862 bits per heavy atom. The molecule has 1 heterocycles. The first-order chi connectivity index (χ1) is 14.0. The van der Waals surface area contributed by atoms with Crippen LogP contribution in [0.15, 0.2) is 71.6 Å². The van der Waals surface area contributed by atoms with Crippen molar-refractivity contribution in [3.8, 4) is 22.1 Å². The molecule has 0 radical (unpaired) electrons. The number of hydrogen-bond acceptors (Lipinski definition) is 6. The van der Waals surface area contributed by atoms with Crippen molar-refractivity contribution in [1.29, 1.82) is 0 Å². The summed E-state index contributed by atoms with van der Waals surface area (Å²) in [5.41, 5.74) is 2.29. The highest BCUT2D eigenvalue weighted by molar-refractivity contribution is 7.92. The lowest BCUT2D eigenvalue weighted by Gasteiger charge is -2.09. The number of anilines is 1. The van der Waals surface area contributed by atoms with E-state index in [1.54, 1.807) is 42.7 Å². The number of sulfonamides is 1. The quantitative estimate of drug-likeness (QED) is 0.480. The maximum absolute atomic E-state index is 12.6. The van der Waals surface area contributed by atoms with E-state index in [1.807, 2.05) is 30.3 Å². The average molecular weight is 427 g/mol. The molecule has 0 unspecified atom stereocenters. The third kappa shape index (κ3) is 4.03. The van der Waals surface area contributed by atoms with Crippen LogP contribution in [0.4, 0.5) is 5.69 Å². The maximum Gasteiger partial charge on any atom is 0.261 e. The Labute approximate surface area is 172 Å². The molecular weight excluding hydrogens is 408 g/mol. The molecule has 3 aromatic carbocycles. The lowest BCUT2D eigenvalue weighted by molar-refractivity contribution is 0.414. The molecule has 1 N–H and O–H groups in total. The molecule has 0 bridgehead atoms. The highest BCUT2D eigenvalue weighted by Crippen LogP contribution is 2.33. The van der Waals surface area contributed by atoms with E-state index >= 15 is 0 Å². The van der Waals surface area contributed by atoms with E-state index in [0.29, 0.717) is 11.4 Å². The molecule has 29 heavy (non-hydrogen) atoms. The van der Waals surface area contributed by atoms with Crippen molar-refractivity contribution in [2.75, 3.05) is 18.9 Å². The molecule has 148 valence electrons. The fourth-order valence-corrected chi connectivity index (χ4v) is 4.86. The molecular formula is C21H18N2O4S2. The monoisotopic (exact) mass is 426 g/mol. The summed E-state index contributed by atoms with van der Waals surface area (Å²) in [6, 6.07) is 19.1. The van der Waals surface area contributed by atoms with Gasteiger partial charge in [-0.15, -0.1) is 11.3 Å². The van der Waals surface area contributed by atoms with Gasteiger partial charge in [0.1, 0.15) is 16.5 Å². The molecule has 1 aromatic heterocycles. The van der Waals surface area contributed by atoms with Gasteiger partial charge in [0, 0.05) is 11.3 Å². The highest BCUT2D eigenvalue weighted by Gasteiger charge is 2.14. The molecule has 0 fully saturated rings. The van der Waals surface area contributed by atoms with Crippen LogP contribution >= 0.6 is 11.3 Å². The first kappa shape index (κ1) is 19.2. The number of ether oxygens (including phenoxy) is 2. The van der Waals surface area contributed by atoms with Crippen molar-refractivity contribution < 1.29 is 17.9 Å². The van der Waals surface area contributed by atoms with Crippen molar-refractivity contribution in [2.45, 2.75) is 4.90 Å². The van der Waals surface area contributed by atoms with Gasteiger partial charge in [0.05, 0.1) is 29.3 Å². The fourth-order valence-electron chi connectivity index (χ4n) is 2.81. The predicted octanol–water partition coefficient (Wildman–Crippen LogP) is 4.78. The van der Waals surface area contributed by atoms with Gasteiger partial charge in [-0.2, -0.15) is 0 Å². The zero-order valence-corrected chi connectivity index (χ0v) is 17.4. The number of methoxy groups -OCH3 is 2. The van der Waals surface area contributed by atoms with E-state index in [9.17, 15) is 8.42 Å². The molecule has 0 aliphatic heterocycles. The Morgan fingerprint density at radius 3 is 2.17 bits per heavy atom. The lowest BCUT2D eigenvalue weighted by atomic mass is 10.2. The number of thiazole rings is 1. The Balaban J connectivity index is 1.55. The molecule has 4 rings (SSSR count). The van der Waals surface area contributed by atoms with Crippen LogP contribution in [0.1, 0.15) is 0 Å². The molecule has 0 atom stereocenters. The summed E-state index contributed by atoms with van der Waals surface area (Å²) >= 11 is 1.56. The van der Waals surface area contributed by atoms with E-state index in [4.69, 9.17) is 9.47 Å². The van der Waals surface area contributed by atoms with Crippen LogP contribution in [0.2, 0.25) is 0 Å². The van der Waals surface area contributed by atoms with Gasteiger partial charge in [-0.05, 0) is 66.7 Å². The summed E-state index contributed by atoms with van der Waals surface area (Å²) in [6.45, 7) is 0. The minimum absolute atomic E-state index is 0.169. The minimum atomic E-state index is -3.68. The zero-order chi connectivity index (χ0) is 20.4. The van der Waals surface area contributed by atoms with E-state index in [0.717, 1.165) is 26.5 Å². The maximum atomic E-state index is 12.6. The van der Waals surface area contributed by atoms with Crippen LogP contribution in [0.5, 0.6) is 11.5 Å². The summed E-state index contributed by atoms with van der Waals surface area (Å²) in [5, 5.41) is 0.859. The summed E-state index contributed by atoms with van der Waals surface area (Å²) in [5.74, 6) is 1.39. The van der Waals surface area contributed by atoms with E-state index in [-0.39, 0.29) is 4.90 Å². The van der Waals surface area contributed by atoms with Gasteiger partial charge in [0.25, 0.3) is 10.0 Å². The summed E-state index contributed by atoms with van der Waals surface area (Å²) in [4.78, 5) is 4.81. The second kappa shape index (κ2) is 7.73. The topological polar surface area (TPSA) is 77.5 Å². The largest absolute Gasteiger partial charge is 0.497 e. The van der Waals surface area contributed by atoms with Gasteiger partial charge in [-0.25, -0.2) is 13.4 Å². The van der Waals surface area contributed by atoms with E-state index in [2.05, 4.69) is 9.71 Å². The van der Waals surface area contributed by atoms with Gasteiger partial charge >= 0.3 is 0 Å². The number of aromatic nitrogens is 1. The molecule has 4 aromatic rings. The lowest BCUT2D eigenvalue weighted by Crippen LogP contribution is -2.12. The van der Waals surface area contributed by atoms with Crippen LogP contribution in [0.25, 0.3) is 20.8 Å². The first-order valence-corrected chi connectivity index (χ1v) is 11.0. The average Bonchev–Trinajstić information content (AvgIpc) is 3.17. The third-order valence-corrected chi connectivity index (χ3v) is 6.81. The second-order valence-corrected chi connectivity index (χ2v) is 8.92. The van der Waals surface area contributed by atoms with Crippen molar-refractivity contribution in [3.05, 3.63) is 66.7 Å². The highest BCUT2D eigenvalue weighted by atomic mass is 32.2. The number of fused-ring (bicyclic) bond motifs is 1.